The van der Waals surface area contributed by atoms with E-state index in [2.05, 4.69) is 5.32 Å². The summed E-state index contributed by atoms with van der Waals surface area (Å²) in [5.74, 6) is 0.622. The van der Waals surface area contributed by atoms with Crippen LogP contribution >= 0.6 is 0 Å². The zero-order valence-corrected chi connectivity index (χ0v) is 7.70. The first-order chi connectivity index (χ1) is 4.80. The summed E-state index contributed by atoms with van der Waals surface area (Å²) in [5.41, 5.74) is 0. The van der Waals surface area contributed by atoms with Crippen molar-refractivity contribution in [3.05, 3.63) is 0 Å². The summed E-state index contributed by atoms with van der Waals surface area (Å²) in [6.45, 7) is 5.86. The average Bonchev–Trinajstić information content (AvgIpc) is 2.00. The first-order valence-electron chi connectivity index (χ1n) is 3.61. The second kappa shape index (κ2) is 5.82. The minimum Gasteiger partial charge on any atom is -0.303 e. The van der Waals surface area contributed by atoms with Crippen LogP contribution < -0.4 is 5.32 Å². The number of likely N-dealkylation sites (N-methyl/N-ethyl adjacent to an activating group) is 1. The van der Waals surface area contributed by atoms with Crippen molar-refractivity contribution in [2.24, 2.45) is 0 Å². The third kappa shape index (κ3) is 3.29. The van der Waals surface area contributed by atoms with Crippen molar-refractivity contribution in [3.8, 4) is 0 Å². The Morgan fingerprint density at radius 3 is 2.40 bits per heavy atom. The first kappa shape index (κ1) is 10.1. The summed E-state index contributed by atoms with van der Waals surface area (Å²) < 4.78 is 12.6. The number of rotatable bonds is 0. The first-order valence-corrected chi connectivity index (χ1v) is 4.88. The third-order valence-electron chi connectivity index (χ3n) is 1.18. The lowest BCUT2D eigenvalue weighted by Gasteiger charge is -2.20. The van der Waals surface area contributed by atoms with Crippen molar-refractivity contribution in [1.82, 2.24) is 9.62 Å². The second-order valence-corrected chi connectivity index (χ2v) is 3.37. The molecule has 4 heteroatoms. The highest BCUT2D eigenvalue weighted by Gasteiger charge is 2.10. The van der Waals surface area contributed by atoms with Crippen LogP contribution in [0, 0.1) is 0 Å². The van der Waals surface area contributed by atoms with Crippen molar-refractivity contribution in [2.45, 2.75) is 13.8 Å². The van der Waals surface area contributed by atoms with Crippen LogP contribution in [0.5, 0.6) is 0 Å². The Hall–Kier alpha value is 0.0700. The highest BCUT2D eigenvalue weighted by molar-refractivity contribution is 7.82. The molecule has 0 spiro atoms. The van der Waals surface area contributed by atoms with Crippen LogP contribution in [0.15, 0.2) is 0 Å². The maximum atomic E-state index is 10.8. The van der Waals surface area contributed by atoms with Crippen LogP contribution in [-0.4, -0.2) is 34.5 Å². The van der Waals surface area contributed by atoms with Crippen molar-refractivity contribution in [2.75, 3.05) is 26.0 Å². The van der Waals surface area contributed by atoms with E-state index in [1.165, 1.54) is 0 Å². The maximum Gasteiger partial charge on any atom is 0.108 e. The molecule has 0 bridgehead atoms. The van der Waals surface area contributed by atoms with Gasteiger partial charge in [-0.1, -0.05) is 13.8 Å². The molecule has 62 valence electrons. The smallest absolute Gasteiger partial charge is 0.108 e. The van der Waals surface area contributed by atoms with Gasteiger partial charge in [0.25, 0.3) is 0 Å². The Bertz CT molecular complexity index is 108. The zero-order valence-electron chi connectivity index (χ0n) is 6.89. The van der Waals surface area contributed by atoms with E-state index >= 15 is 0 Å². The molecular formula is C6H16N2OS. The Morgan fingerprint density at radius 2 is 2.10 bits per heavy atom. The standard InChI is InChI=1S/C4H10N2OS.C2H6/c1-6-3-2-5-4-8(6)7;1-2/h5H,2-4H2,1H3;1-2H3. The van der Waals surface area contributed by atoms with Crippen LogP contribution in [0.2, 0.25) is 0 Å². The van der Waals surface area contributed by atoms with Gasteiger partial charge in [0.1, 0.15) is 11.0 Å². The van der Waals surface area contributed by atoms with Gasteiger partial charge in [-0.3, -0.25) is 0 Å². The molecule has 1 unspecified atom stereocenters. The molecule has 0 radical (unpaired) electrons. The van der Waals surface area contributed by atoms with Crippen LogP contribution in [0.3, 0.4) is 0 Å². The average molecular weight is 164 g/mol. The van der Waals surface area contributed by atoms with E-state index in [1.807, 2.05) is 25.2 Å². The van der Waals surface area contributed by atoms with Gasteiger partial charge in [-0.2, -0.15) is 0 Å². The van der Waals surface area contributed by atoms with Crippen LogP contribution in [0.25, 0.3) is 0 Å². The van der Waals surface area contributed by atoms with Crippen molar-refractivity contribution in [1.29, 1.82) is 0 Å². The topological polar surface area (TPSA) is 32.3 Å². The molecule has 0 saturated carbocycles. The quantitative estimate of drug-likeness (QED) is 0.553. The van der Waals surface area contributed by atoms with Gasteiger partial charge in [-0.05, 0) is 7.05 Å². The number of nitrogens with zero attached hydrogens (tertiary/aromatic N) is 1. The van der Waals surface area contributed by atoms with Crippen molar-refractivity contribution < 1.29 is 4.21 Å². The molecule has 1 saturated heterocycles. The molecule has 0 aliphatic carbocycles. The number of nitrogens with one attached hydrogen (secondary N) is 1. The molecule has 10 heavy (non-hydrogen) atoms. The Labute approximate surface area is 65.4 Å². The Morgan fingerprint density at radius 1 is 1.50 bits per heavy atom. The van der Waals surface area contributed by atoms with Gasteiger partial charge in [0.05, 0.1) is 5.88 Å². The van der Waals surface area contributed by atoms with E-state index in [1.54, 1.807) is 0 Å². The SMILES string of the molecule is CC.CN1CCNCS1=O. The molecule has 1 aliphatic heterocycles. The van der Waals surface area contributed by atoms with Gasteiger partial charge in [0.2, 0.25) is 0 Å². The fraction of sp³-hybridized carbons (Fsp3) is 1.00. The zero-order chi connectivity index (χ0) is 7.98. The monoisotopic (exact) mass is 164 g/mol. The molecule has 1 rings (SSSR count). The van der Waals surface area contributed by atoms with E-state index in [4.69, 9.17) is 0 Å². The Kier molecular flexibility index (Phi) is 5.87. The van der Waals surface area contributed by atoms with Gasteiger partial charge in [0.15, 0.2) is 0 Å². The lowest BCUT2D eigenvalue weighted by molar-refractivity contribution is 0.480. The van der Waals surface area contributed by atoms with E-state index < -0.39 is 11.0 Å². The summed E-state index contributed by atoms with van der Waals surface area (Å²) in [5, 5.41) is 3.02. The summed E-state index contributed by atoms with van der Waals surface area (Å²) in [6.07, 6.45) is 0. The van der Waals surface area contributed by atoms with Gasteiger partial charge >= 0.3 is 0 Å². The summed E-state index contributed by atoms with van der Waals surface area (Å²) in [4.78, 5) is 0. The summed E-state index contributed by atoms with van der Waals surface area (Å²) in [6, 6.07) is 0. The summed E-state index contributed by atoms with van der Waals surface area (Å²) in [7, 11) is 1.11. The maximum absolute atomic E-state index is 10.8. The number of hydrogen-bond donors (Lipinski definition) is 1. The minimum absolute atomic E-state index is 0.622. The second-order valence-electron chi connectivity index (χ2n) is 1.82. The molecular weight excluding hydrogens is 148 g/mol. The highest BCUT2D eigenvalue weighted by Crippen LogP contribution is 1.92. The van der Waals surface area contributed by atoms with Crippen molar-refractivity contribution in [3.63, 3.8) is 0 Å². The molecule has 1 atom stereocenters. The predicted octanol–water partition coefficient (Wildman–Crippen LogP) is 0.169. The molecule has 1 N–H and O–H groups in total. The fourth-order valence-electron chi connectivity index (χ4n) is 0.608. The number of hydrogen-bond acceptors (Lipinski definition) is 2. The van der Waals surface area contributed by atoms with E-state index in [0.717, 1.165) is 13.1 Å². The molecule has 0 aromatic rings. The minimum atomic E-state index is -0.763. The molecule has 0 aromatic carbocycles. The van der Waals surface area contributed by atoms with E-state index in [9.17, 15) is 4.21 Å². The van der Waals surface area contributed by atoms with Gasteiger partial charge in [-0.15, -0.1) is 0 Å². The molecule has 1 aliphatic rings. The molecule has 3 nitrogen and oxygen atoms in total. The van der Waals surface area contributed by atoms with Gasteiger partial charge in [0, 0.05) is 13.1 Å². The molecule has 0 amide bonds. The lowest BCUT2D eigenvalue weighted by Crippen LogP contribution is -2.41. The predicted molar refractivity (Wildman–Crippen MR) is 45.0 cm³/mol. The van der Waals surface area contributed by atoms with Gasteiger partial charge < -0.3 is 5.32 Å². The van der Waals surface area contributed by atoms with E-state index in [-0.39, 0.29) is 0 Å². The third-order valence-corrected chi connectivity index (χ3v) is 2.51. The van der Waals surface area contributed by atoms with Crippen molar-refractivity contribution >= 4 is 11.0 Å². The molecule has 1 heterocycles. The normalized spacial score (nSPS) is 26.9. The van der Waals surface area contributed by atoms with Gasteiger partial charge in [-0.25, -0.2) is 8.51 Å². The van der Waals surface area contributed by atoms with E-state index in [0.29, 0.717) is 5.88 Å². The molecule has 1 fully saturated rings. The fourth-order valence-corrected chi connectivity index (χ4v) is 1.44. The molecule has 0 aromatic heterocycles. The largest absolute Gasteiger partial charge is 0.303 e. The van der Waals surface area contributed by atoms with Crippen LogP contribution in [0.4, 0.5) is 0 Å². The summed E-state index contributed by atoms with van der Waals surface area (Å²) >= 11 is 0. The Balaban J connectivity index is 0.000000371. The lowest BCUT2D eigenvalue weighted by atomic mass is 10.6. The highest BCUT2D eigenvalue weighted by atomic mass is 32.2. The van der Waals surface area contributed by atoms with Crippen LogP contribution in [0.1, 0.15) is 13.8 Å². The van der Waals surface area contributed by atoms with Crippen LogP contribution in [-0.2, 0) is 11.0 Å².